The number of hydrogen-bond acceptors (Lipinski definition) is 3. The predicted molar refractivity (Wildman–Crippen MR) is 51.9 cm³/mol. The Hall–Kier alpha value is -2.23. The van der Waals surface area contributed by atoms with E-state index in [4.69, 9.17) is 5.26 Å². The largest absolute Gasteiger partial charge is 0.432 e. The summed E-state index contributed by atoms with van der Waals surface area (Å²) < 4.78 is 40.7. The van der Waals surface area contributed by atoms with Crippen LogP contribution in [0.2, 0.25) is 0 Å². The fourth-order valence-electron chi connectivity index (χ4n) is 1.05. The van der Waals surface area contributed by atoms with Gasteiger partial charge >= 0.3 is 6.61 Å². The average Bonchev–Trinajstić information content (AvgIpc) is 2.22. The lowest BCUT2D eigenvalue weighted by Gasteiger charge is -2.07. The number of nitrogens with one attached hydrogen (secondary N) is 1. The third-order valence-electron chi connectivity index (χ3n) is 1.67. The summed E-state index contributed by atoms with van der Waals surface area (Å²) in [6.45, 7) is -3.12. The summed E-state index contributed by atoms with van der Waals surface area (Å²) >= 11 is 0. The molecule has 0 aliphatic heterocycles. The van der Waals surface area contributed by atoms with Gasteiger partial charge in [0.15, 0.2) is 11.6 Å². The van der Waals surface area contributed by atoms with Crippen LogP contribution in [-0.2, 0) is 4.79 Å². The van der Waals surface area contributed by atoms with Crippen LogP contribution < -0.4 is 10.1 Å². The Balaban J connectivity index is 2.75. The second kappa shape index (κ2) is 5.75. The van der Waals surface area contributed by atoms with E-state index in [0.29, 0.717) is 0 Å². The molecule has 0 aliphatic rings. The highest BCUT2D eigenvalue weighted by Gasteiger charge is 2.11. The number of anilines is 1. The van der Waals surface area contributed by atoms with Crippen molar-refractivity contribution in [3.8, 4) is 11.8 Å². The van der Waals surface area contributed by atoms with E-state index in [-0.39, 0.29) is 12.1 Å². The Morgan fingerprint density at radius 3 is 2.76 bits per heavy atom. The molecule has 0 radical (unpaired) electrons. The van der Waals surface area contributed by atoms with E-state index in [0.717, 1.165) is 12.1 Å². The molecule has 0 fully saturated rings. The van der Waals surface area contributed by atoms with E-state index in [1.165, 1.54) is 6.07 Å². The molecular weight excluding hydrogens is 237 g/mol. The zero-order valence-electron chi connectivity index (χ0n) is 8.41. The molecule has 1 amide bonds. The van der Waals surface area contributed by atoms with Gasteiger partial charge in [-0.25, -0.2) is 4.39 Å². The first kappa shape index (κ1) is 12.8. The molecule has 1 aromatic carbocycles. The summed E-state index contributed by atoms with van der Waals surface area (Å²) in [5.41, 5.74) is 0.0596. The second-order valence-electron chi connectivity index (χ2n) is 2.91. The molecule has 0 aliphatic carbocycles. The van der Waals surface area contributed by atoms with E-state index in [1.54, 1.807) is 6.07 Å². The number of halogens is 3. The van der Waals surface area contributed by atoms with E-state index in [1.807, 2.05) is 0 Å². The molecular formula is C10H7F3N2O2. The molecule has 0 spiro atoms. The molecule has 7 heteroatoms. The summed E-state index contributed by atoms with van der Waals surface area (Å²) in [5, 5.41) is 10.4. The molecule has 1 rings (SSSR count). The molecule has 0 bridgehead atoms. The number of hydrogen-bond donors (Lipinski definition) is 1. The topological polar surface area (TPSA) is 62.1 Å². The van der Waals surface area contributed by atoms with Crippen molar-refractivity contribution in [3.05, 3.63) is 24.0 Å². The van der Waals surface area contributed by atoms with Crippen LogP contribution in [0.25, 0.3) is 0 Å². The number of amides is 1. The maximum absolute atomic E-state index is 13.2. The first-order valence-electron chi connectivity index (χ1n) is 4.44. The van der Waals surface area contributed by atoms with Crippen molar-refractivity contribution in [2.24, 2.45) is 0 Å². The number of nitrogens with zero attached hydrogens (tertiary/aromatic N) is 1. The van der Waals surface area contributed by atoms with Gasteiger partial charge in [0.2, 0.25) is 5.91 Å². The number of alkyl halides is 2. The van der Waals surface area contributed by atoms with Crippen molar-refractivity contribution in [2.45, 2.75) is 13.0 Å². The van der Waals surface area contributed by atoms with Gasteiger partial charge in [0.05, 0.1) is 6.07 Å². The molecule has 4 nitrogen and oxygen atoms in total. The van der Waals surface area contributed by atoms with Gasteiger partial charge in [-0.3, -0.25) is 4.79 Å². The maximum Gasteiger partial charge on any atom is 0.387 e. The minimum absolute atomic E-state index is 0.0596. The zero-order chi connectivity index (χ0) is 12.8. The Morgan fingerprint density at radius 1 is 1.53 bits per heavy atom. The number of ether oxygens (including phenoxy) is 1. The molecule has 0 aromatic heterocycles. The van der Waals surface area contributed by atoms with Crippen molar-refractivity contribution >= 4 is 11.6 Å². The minimum Gasteiger partial charge on any atom is -0.432 e. The van der Waals surface area contributed by atoms with Gasteiger partial charge in [-0.2, -0.15) is 14.0 Å². The van der Waals surface area contributed by atoms with Crippen molar-refractivity contribution < 1.29 is 22.7 Å². The third kappa shape index (κ3) is 4.03. The summed E-state index contributed by atoms with van der Waals surface area (Å²) in [4.78, 5) is 11.0. The summed E-state index contributed by atoms with van der Waals surface area (Å²) in [7, 11) is 0. The maximum atomic E-state index is 13.2. The number of carbonyl (C=O) groups is 1. The lowest BCUT2D eigenvalue weighted by Crippen LogP contribution is -2.10. The fourth-order valence-corrected chi connectivity index (χ4v) is 1.05. The predicted octanol–water partition coefficient (Wildman–Crippen LogP) is 2.28. The summed E-state index contributed by atoms with van der Waals surface area (Å²) in [6, 6.07) is 4.59. The van der Waals surface area contributed by atoms with Crippen LogP contribution in [0.5, 0.6) is 5.75 Å². The lowest BCUT2D eigenvalue weighted by atomic mass is 10.3. The first-order valence-corrected chi connectivity index (χ1v) is 4.44. The fraction of sp³-hybridized carbons (Fsp3) is 0.200. The normalized spacial score (nSPS) is 9.82. The molecule has 90 valence electrons. The SMILES string of the molecule is N#CCC(=O)Nc1ccc(OC(F)F)c(F)c1. The molecule has 0 saturated heterocycles. The van der Waals surface area contributed by atoms with Gasteiger partial charge in [-0.05, 0) is 12.1 Å². The highest BCUT2D eigenvalue weighted by Crippen LogP contribution is 2.22. The van der Waals surface area contributed by atoms with Crippen molar-refractivity contribution in [1.29, 1.82) is 5.26 Å². The van der Waals surface area contributed by atoms with E-state index in [2.05, 4.69) is 10.1 Å². The monoisotopic (exact) mass is 244 g/mol. The standard InChI is InChI=1S/C10H7F3N2O2/c11-7-5-6(15-9(16)3-4-14)1-2-8(7)17-10(12)13/h1-2,5,10H,3H2,(H,15,16). The zero-order valence-corrected chi connectivity index (χ0v) is 8.41. The van der Waals surface area contributed by atoms with Gasteiger partial charge in [0.1, 0.15) is 6.42 Å². The van der Waals surface area contributed by atoms with Crippen molar-refractivity contribution in [3.63, 3.8) is 0 Å². The van der Waals surface area contributed by atoms with Gasteiger partial charge in [0, 0.05) is 11.8 Å². The first-order chi connectivity index (χ1) is 8.02. The van der Waals surface area contributed by atoms with E-state index < -0.39 is 24.1 Å². The highest BCUT2D eigenvalue weighted by atomic mass is 19.3. The molecule has 0 heterocycles. The van der Waals surface area contributed by atoms with Crippen LogP contribution in [0.15, 0.2) is 18.2 Å². The van der Waals surface area contributed by atoms with Crippen LogP contribution in [0.1, 0.15) is 6.42 Å². The van der Waals surface area contributed by atoms with Crippen LogP contribution in [0.4, 0.5) is 18.9 Å². The minimum atomic E-state index is -3.12. The second-order valence-corrected chi connectivity index (χ2v) is 2.91. The van der Waals surface area contributed by atoms with Crippen LogP contribution in [0, 0.1) is 17.1 Å². The quantitative estimate of drug-likeness (QED) is 0.883. The summed E-state index contributed by atoms with van der Waals surface area (Å²) in [5.74, 6) is -2.26. The molecule has 0 atom stereocenters. The Labute approximate surface area is 94.6 Å². The number of nitriles is 1. The van der Waals surface area contributed by atoms with Crippen LogP contribution in [0.3, 0.4) is 0 Å². The molecule has 1 aromatic rings. The van der Waals surface area contributed by atoms with Crippen molar-refractivity contribution in [1.82, 2.24) is 0 Å². The van der Waals surface area contributed by atoms with Gasteiger partial charge in [0.25, 0.3) is 0 Å². The average molecular weight is 244 g/mol. The van der Waals surface area contributed by atoms with Gasteiger partial charge < -0.3 is 10.1 Å². The molecule has 0 unspecified atom stereocenters. The number of carbonyl (C=O) groups excluding carboxylic acids is 1. The van der Waals surface area contributed by atoms with Crippen LogP contribution >= 0.6 is 0 Å². The van der Waals surface area contributed by atoms with Gasteiger partial charge in [-0.15, -0.1) is 0 Å². The Bertz CT molecular complexity index is 457. The summed E-state index contributed by atoms with van der Waals surface area (Å²) in [6.07, 6.45) is -0.378. The molecule has 1 N–H and O–H groups in total. The lowest BCUT2D eigenvalue weighted by molar-refractivity contribution is -0.115. The number of benzene rings is 1. The van der Waals surface area contributed by atoms with E-state index >= 15 is 0 Å². The molecule has 17 heavy (non-hydrogen) atoms. The van der Waals surface area contributed by atoms with E-state index in [9.17, 15) is 18.0 Å². The molecule has 0 saturated carbocycles. The number of rotatable bonds is 4. The van der Waals surface area contributed by atoms with Gasteiger partial charge in [-0.1, -0.05) is 0 Å². The highest BCUT2D eigenvalue weighted by molar-refractivity contribution is 5.92. The van der Waals surface area contributed by atoms with Crippen LogP contribution in [-0.4, -0.2) is 12.5 Å². The third-order valence-corrected chi connectivity index (χ3v) is 1.67. The van der Waals surface area contributed by atoms with Crippen molar-refractivity contribution in [2.75, 3.05) is 5.32 Å². The Kier molecular flexibility index (Phi) is 4.34. The smallest absolute Gasteiger partial charge is 0.387 e. The Morgan fingerprint density at radius 2 is 2.24 bits per heavy atom.